The molecule has 2 rings (SSSR count). The molecule has 0 bridgehead atoms. The molecule has 1 aromatic carbocycles. The topological polar surface area (TPSA) is 83.6 Å². The van der Waals surface area contributed by atoms with Gasteiger partial charge >= 0.3 is 0 Å². The highest BCUT2D eigenvalue weighted by atomic mass is 35.5. The molecular formula is C12H17ClN2O3S. The van der Waals surface area contributed by atoms with E-state index < -0.39 is 10.0 Å². The number of nitrogens with two attached hydrogens (primary N) is 1. The fraction of sp³-hybridized carbons (Fsp3) is 0.500. The van der Waals surface area contributed by atoms with E-state index in [1.807, 2.05) is 0 Å². The van der Waals surface area contributed by atoms with Gasteiger partial charge in [0, 0.05) is 19.3 Å². The number of aliphatic hydroxyl groups excluding tert-OH is 1. The van der Waals surface area contributed by atoms with Gasteiger partial charge in [-0.05, 0) is 37.0 Å². The first-order valence-electron chi connectivity index (χ1n) is 6.00. The van der Waals surface area contributed by atoms with Crippen molar-refractivity contribution in [3.8, 4) is 0 Å². The molecule has 1 fully saturated rings. The summed E-state index contributed by atoms with van der Waals surface area (Å²) in [6.45, 7) is 0.389. The lowest BCUT2D eigenvalue weighted by atomic mass is 9.82. The molecule has 0 amide bonds. The van der Waals surface area contributed by atoms with Crippen LogP contribution in [-0.2, 0) is 10.0 Å². The number of rotatable bonds is 4. The molecule has 1 aromatic rings. The number of halogens is 1. The summed E-state index contributed by atoms with van der Waals surface area (Å²) in [5.41, 5.74) is 5.98. The SMILES string of the molecule is CN(CC1CC(O)C1)S(=O)(=O)c1ccc(N)cc1Cl. The lowest BCUT2D eigenvalue weighted by Gasteiger charge is -2.34. The summed E-state index contributed by atoms with van der Waals surface area (Å²) >= 11 is 5.94. The molecule has 1 aliphatic rings. The van der Waals surface area contributed by atoms with Crippen molar-refractivity contribution in [2.45, 2.75) is 23.8 Å². The molecule has 1 aliphatic carbocycles. The fourth-order valence-corrected chi connectivity index (χ4v) is 3.98. The number of benzene rings is 1. The van der Waals surface area contributed by atoms with Crippen LogP contribution in [0.3, 0.4) is 0 Å². The number of hydrogen-bond acceptors (Lipinski definition) is 4. The van der Waals surface area contributed by atoms with Gasteiger partial charge in [0.25, 0.3) is 0 Å². The zero-order valence-electron chi connectivity index (χ0n) is 10.6. The van der Waals surface area contributed by atoms with Crippen LogP contribution < -0.4 is 5.73 Å². The third kappa shape index (κ3) is 3.02. The van der Waals surface area contributed by atoms with Crippen LogP contribution in [-0.4, -0.2) is 37.5 Å². The molecule has 0 unspecified atom stereocenters. The second kappa shape index (κ2) is 5.28. The fourth-order valence-electron chi connectivity index (χ4n) is 2.21. The maximum Gasteiger partial charge on any atom is 0.244 e. The summed E-state index contributed by atoms with van der Waals surface area (Å²) in [7, 11) is -2.09. The van der Waals surface area contributed by atoms with Crippen LogP contribution in [0.15, 0.2) is 23.1 Å². The number of hydrogen-bond donors (Lipinski definition) is 2. The molecule has 0 aromatic heterocycles. The van der Waals surface area contributed by atoms with E-state index in [0.717, 1.165) is 0 Å². The molecule has 5 nitrogen and oxygen atoms in total. The average Bonchev–Trinajstić information content (AvgIpc) is 2.26. The summed E-state index contributed by atoms with van der Waals surface area (Å²) in [4.78, 5) is 0.0609. The number of sulfonamides is 1. The van der Waals surface area contributed by atoms with Crippen LogP contribution in [0.2, 0.25) is 5.02 Å². The Morgan fingerprint density at radius 1 is 1.47 bits per heavy atom. The van der Waals surface area contributed by atoms with E-state index in [0.29, 0.717) is 25.1 Å². The summed E-state index contributed by atoms with van der Waals surface area (Å²) < 4.78 is 26.0. The van der Waals surface area contributed by atoms with Crippen molar-refractivity contribution in [1.82, 2.24) is 4.31 Å². The van der Waals surface area contributed by atoms with Crippen molar-refractivity contribution in [3.63, 3.8) is 0 Å². The molecule has 0 radical (unpaired) electrons. The van der Waals surface area contributed by atoms with E-state index in [9.17, 15) is 13.5 Å². The van der Waals surface area contributed by atoms with E-state index in [1.54, 1.807) is 0 Å². The molecular weight excluding hydrogens is 288 g/mol. The maximum absolute atomic E-state index is 12.4. The Morgan fingerprint density at radius 2 is 2.11 bits per heavy atom. The normalized spacial score (nSPS) is 23.4. The van der Waals surface area contributed by atoms with Gasteiger partial charge in [0.1, 0.15) is 4.90 Å². The second-order valence-corrected chi connectivity index (χ2v) is 7.39. The summed E-state index contributed by atoms with van der Waals surface area (Å²) in [6, 6.07) is 4.36. The Morgan fingerprint density at radius 3 is 2.63 bits per heavy atom. The van der Waals surface area contributed by atoms with Gasteiger partial charge in [-0.1, -0.05) is 11.6 Å². The molecule has 0 aliphatic heterocycles. The number of aliphatic hydroxyl groups is 1. The maximum atomic E-state index is 12.4. The Bertz CT molecular complexity index is 570. The summed E-state index contributed by atoms with van der Waals surface area (Å²) in [6.07, 6.45) is 1.01. The van der Waals surface area contributed by atoms with E-state index in [2.05, 4.69) is 0 Å². The quantitative estimate of drug-likeness (QED) is 0.822. The van der Waals surface area contributed by atoms with Crippen molar-refractivity contribution in [1.29, 1.82) is 0 Å². The highest BCUT2D eigenvalue weighted by Crippen LogP contribution is 2.31. The Labute approximate surface area is 118 Å². The van der Waals surface area contributed by atoms with Gasteiger partial charge in [-0.2, -0.15) is 0 Å². The molecule has 0 heterocycles. The predicted octanol–water partition coefficient (Wildman–Crippen LogP) is 1.31. The molecule has 3 N–H and O–H groups in total. The molecule has 0 atom stereocenters. The van der Waals surface area contributed by atoms with Gasteiger partial charge in [0.2, 0.25) is 10.0 Å². The van der Waals surface area contributed by atoms with Crippen LogP contribution in [0.5, 0.6) is 0 Å². The monoisotopic (exact) mass is 304 g/mol. The lowest BCUT2D eigenvalue weighted by molar-refractivity contribution is 0.0367. The first kappa shape index (κ1) is 14.6. The number of nitrogens with zero attached hydrogens (tertiary/aromatic N) is 1. The van der Waals surface area contributed by atoms with E-state index in [4.69, 9.17) is 17.3 Å². The standard InChI is InChI=1S/C12H17ClN2O3S/c1-15(7-8-4-10(16)5-8)19(17,18)12-3-2-9(14)6-11(12)13/h2-3,6,8,10,16H,4-5,7,14H2,1H3. The predicted molar refractivity (Wildman–Crippen MR) is 74.4 cm³/mol. The molecule has 0 spiro atoms. The van der Waals surface area contributed by atoms with Crippen LogP contribution in [0.4, 0.5) is 5.69 Å². The highest BCUT2D eigenvalue weighted by molar-refractivity contribution is 7.89. The minimum Gasteiger partial charge on any atom is -0.399 e. The summed E-state index contributed by atoms with van der Waals surface area (Å²) in [5, 5.41) is 9.35. The zero-order chi connectivity index (χ0) is 14.2. The van der Waals surface area contributed by atoms with Crippen molar-refractivity contribution < 1.29 is 13.5 Å². The smallest absolute Gasteiger partial charge is 0.244 e. The van der Waals surface area contributed by atoms with Gasteiger partial charge in [-0.25, -0.2) is 12.7 Å². The van der Waals surface area contributed by atoms with Crippen molar-refractivity contribution in [2.24, 2.45) is 5.92 Å². The largest absolute Gasteiger partial charge is 0.399 e. The molecule has 0 saturated heterocycles. The van der Waals surface area contributed by atoms with Gasteiger partial charge < -0.3 is 10.8 Å². The van der Waals surface area contributed by atoms with Crippen molar-refractivity contribution in [2.75, 3.05) is 19.3 Å². The van der Waals surface area contributed by atoms with E-state index in [1.165, 1.54) is 29.6 Å². The Kier molecular flexibility index (Phi) is 4.06. The minimum atomic E-state index is -3.61. The van der Waals surface area contributed by atoms with Crippen LogP contribution in [0.1, 0.15) is 12.8 Å². The van der Waals surface area contributed by atoms with Crippen LogP contribution in [0, 0.1) is 5.92 Å². The zero-order valence-corrected chi connectivity index (χ0v) is 12.2. The van der Waals surface area contributed by atoms with Gasteiger partial charge in [-0.15, -0.1) is 0 Å². The lowest BCUT2D eigenvalue weighted by Crippen LogP contribution is -2.39. The Hall–Kier alpha value is -0.820. The van der Waals surface area contributed by atoms with E-state index >= 15 is 0 Å². The molecule has 7 heteroatoms. The van der Waals surface area contributed by atoms with Crippen LogP contribution >= 0.6 is 11.6 Å². The third-order valence-electron chi connectivity index (χ3n) is 3.37. The van der Waals surface area contributed by atoms with Gasteiger partial charge in [-0.3, -0.25) is 0 Å². The van der Waals surface area contributed by atoms with Crippen molar-refractivity contribution >= 4 is 27.3 Å². The van der Waals surface area contributed by atoms with Crippen LogP contribution in [0.25, 0.3) is 0 Å². The summed E-state index contributed by atoms with van der Waals surface area (Å²) in [5.74, 6) is 0.210. The average molecular weight is 305 g/mol. The van der Waals surface area contributed by atoms with Crippen molar-refractivity contribution in [3.05, 3.63) is 23.2 Å². The minimum absolute atomic E-state index is 0.0609. The van der Waals surface area contributed by atoms with Gasteiger partial charge in [0.05, 0.1) is 11.1 Å². The number of anilines is 1. The third-order valence-corrected chi connectivity index (χ3v) is 5.68. The Balaban J connectivity index is 2.16. The molecule has 1 saturated carbocycles. The van der Waals surface area contributed by atoms with Gasteiger partial charge in [0.15, 0.2) is 0 Å². The number of nitrogen functional groups attached to an aromatic ring is 1. The molecule has 19 heavy (non-hydrogen) atoms. The first-order chi connectivity index (χ1) is 8.80. The first-order valence-corrected chi connectivity index (χ1v) is 7.82. The van der Waals surface area contributed by atoms with E-state index in [-0.39, 0.29) is 21.9 Å². The second-order valence-electron chi connectivity index (χ2n) is 4.97. The highest BCUT2D eigenvalue weighted by Gasteiger charge is 2.32. The molecule has 106 valence electrons.